The molecule has 2 heterocycles. The van der Waals surface area contributed by atoms with Crippen LogP contribution < -0.4 is 5.32 Å². The van der Waals surface area contributed by atoms with Gasteiger partial charge < -0.3 is 10.2 Å². The monoisotopic (exact) mass is 288 g/mol. The average Bonchev–Trinajstić information content (AvgIpc) is 2.75. The molecule has 0 unspecified atom stereocenters. The van der Waals surface area contributed by atoms with Gasteiger partial charge in [0.1, 0.15) is 0 Å². The van der Waals surface area contributed by atoms with Gasteiger partial charge in [0.2, 0.25) is 5.91 Å². The van der Waals surface area contributed by atoms with Crippen LogP contribution in [0.2, 0.25) is 0 Å². The fourth-order valence-electron chi connectivity index (χ4n) is 2.05. The van der Waals surface area contributed by atoms with Gasteiger partial charge in [-0.2, -0.15) is 0 Å². The third-order valence-electron chi connectivity index (χ3n) is 2.96. The van der Waals surface area contributed by atoms with Gasteiger partial charge >= 0.3 is 0 Å². The Labute approximate surface area is 119 Å². The van der Waals surface area contributed by atoms with Crippen LogP contribution in [0, 0.1) is 0 Å². The summed E-state index contributed by atoms with van der Waals surface area (Å²) < 4.78 is 1.67. The lowest BCUT2D eigenvalue weighted by Crippen LogP contribution is -2.49. The van der Waals surface area contributed by atoms with E-state index < -0.39 is 0 Å². The lowest BCUT2D eigenvalue weighted by atomic mass is 10.3. The highest BCUT2D eigenvalue weighted by Crippen LogP contribution is 2.00. The van der Waals surface area contributed by atoms with E-state index in [0.29, 0.717) is 13.1 Å². The van der Waals surface area contributed by atoms with Crippen molar-refractivity contribution >= 4 is 18.3 Å². The molecule has 0 aromatic carbocycles. The number of carbonyl (C=O) groups is 1. The third kappa shape index (κ3) is 4.77. The van der Waals surface area contributed by atoms with Gasteiger partial charge in [-0.3, -0.25) is 14.4 Å². The van der Waals surface area contributed by atoms with Crippen molar-refractivity contribution in [3.8, 4) is 0 Å². The molecular weight excluding hydrogens is 268 g/mol. The predicted molar refractivity (Wildman–Crippen MR) is 74.0 cm³/mol. The molecule has 0 radical (unpaired) electrons. The third-order valence-corrected chi connectivity index (χ3v) is 2.96. The summed E-state index contributed by atoms with van der Waals surface area (Å²) >= 11 is 0. The highest BCUT2D eigenvalue weighted by Gasteiger charge is 2.17. The first-order valence-corrected chi connectivity index (χ1v) is 6.17. The maximum Gasteiger partial charge on any atom is 0.236 e. The van der Waals surface area contributed by atoms with Crippen LogP contribution in [0.3, 0.4) is 0 Å². The Kier molecular flexibility index (Phi) is 6.20. The molecule has 1 aliphatic heterocycles. The topological polar surface area (TPSA) is 66.3 Å². The zero-order valence-electron chi connectivity index (χ0n) is 11.4. The molecule has 0 spiro atoms. The van der Waals surface area contributed by atoms with Crippen LogP contribution >= 0.6 is 12.4 Å². The zero-order chi connectivity index (χ0) is 13.0. The van der Waals surface area contributed by atoms with Gasteiger partial charge in [-0.15, -0.1) is 17.5 Å². The molecule has 1 N–H and O–H groups in total. The summed E-state index contributed by atoms with van der Waals surface area (Å²) in [5.41, 5.74) is 0.883. The van der Waals surface area contributed by atoms with Gasteiger partial charge in [-0.05, 0) is 7.05 Å². The number of rotatable bonds is 4. The normalized spacial score (nSPS) is 15.4. The highest BCUT2D eigenvalue weighted by atomic mass is 35.5. The first-order chi connectivity index (χ1) is 8.65. The molecule has 1 fully saturated rings. The molecule has 0 aliphatic carbocycles. The second kappa shape index (κ2) is 7.42. The van der Waals surface area contributed by atoms with E-state index in [1.165, 1.54) is 0 Å². The number of aryl methyl sites for hydroxylation is 1. The van der Waals surface area contributed by atoms with E-state index in [-0.39, 0.29) is 18.3 Å². The number of aromatic nitrogens is 3. The van der Waals surface area contributed by atoms with Crippen LogP contribution in [-0.4, -0.2) is 70.5 Å². The van der Waals surface area contributed by atoms with E-state index in [0.717, 1.165) is 31.9 Å². The second-order valence-electron chi connectivity index (χ2n) is 4.69. The number of nitrogens with zero attached hydrogens (tertiary/aromatic N) is 5. The number of hydrogen-bond donors (Lipinski definition) is 1. The van der Waals surface area contributed by atoms with Gasteiger partial charge in [0.05, 0.1) is 12.2 Å². The van der Waals surface area contributed by atoms with E-state index in [1.54, 1.807) is 4.68 Å². The number of halogens is 1. The fourth-order valence-corrected chi connectivity index (χ4v) is 2.05. The molecule has 108 valence electrons. The minimum absolute atomic E-state index is 0. The smallest absolute Gasteiger partial charge is 0.236 e. The van der Waals surface area contributed by atoms with E-state index >= 15 is 0 Å². The van der Waals surface area contributed by atoms with Crippen molar-refractivity contribution in [2.45, 2.75) is 6.54 Å². The number of piperazine rings is 1. The quantitative estimate of drug-likeness (QED) is 0.778. The van der Waals surface area contributed by atoms with Crippen molar-refractivity contribution in [2.24, 2.45) is 7.05 Å². The van der Waals surface area contributed by atoms with Gasteiger partial charge in [0.25, 0.3) is 0 Å². The summed E-state index contributed by atoms with van der Waals surface area (Å²) in [5, 5.41) is 11.1. The summed E-state index contributed by atoms with van der Waals surface area (Å²) in [7, 11) is 3.76. The predicted octanol–water partition coefficient (Wildman–Crippen LogP) is -0.899. The van der Waals surface area contributed by atoms with Crippen LogP contribution in [0.5, 0.6) is 0 Å². The molecule has 19 heavy (non-hydrogen) atoms. The molecule has 2 rings (SSSR count). The van der Waals surface area contributed by atoms with Crippen molar-refractivity contribution in [1.29, 1.82) is 0 Å². The van der Waals surface area contributed by atoms with Crippen molar-refractivity contribution < 1.29 is 4.79 Å². The van der Waals surface area contributed by atoms with E-state index in [1.807, 2.05) is 30.1 Å². The molecule has 1 aliphatic rings. The highest BCUT2D eigenvalue weighted by molar-refractivity contribution is 5.85. The van der Waals surface area contributed by atoms with Gasteiger partial charge in [0, 0.05) is 46.0 Å². The maximum absolute atomic E-state index is 12.0. The van der Waals surface area contributed by atoms with E-state index in [9.17, 15) is 4.79 Å². The van der Waals surface area contributed by atoms with E-state index in [4.69, 9.17) is 0 Å². The standard InChI is InChI=1S/C11H20N6O.ClH/c1-15(7-10-8-16(2)14-13-10)9-11(18)17-5-3-12-4-6-17;/h8,12H,3-7,9H2,1-2H3;1H. The van der Waals surface area contributed by atoms with Crippen LogP contribution in [0.1, 0.15) is 5.69 Å². The van der Waals surface area contributed by atoms with Crippen LogP contribution in [0.4, 0.5) is 0 Å². The van der Waals surface area contributed by atoms with Gasteiger partial charge in [-0.25, -0.2) is 0 Å². The number of likely N-dealkylation sites (N-methyl/N-ethyl adjacent to an activating group) is 1. The van der Waals surface area contributed by atoms with Crippen LogP contribution in [0.25, 0.3) is 0 Å². The summed E-state index contributed by atoms with van der Waals surface area (Å²) in [6.45, 7) is 4.46. The maximum atomic E-state index is 12.0. The first kappa shape index (κ1) is 15.9. The average molecular weight is 289 g/mol. The van der Waals surface area contributed by atoms with Crippen molar-refractivity contribution in [3.63, 3.8) is 0 Å². The van der Waals surface area contributed by atoms with E-state index in [2.05, 4.69) is 15.6 Å². The molecule has 1 amide bonds. The van der Waals surface area contributed by atoms with Gasteiger partial charge in [0.15, 0.2) is 0 Å². The molecule has 8 heteroatoms. The Balaban J connectivity index is 0.00000180. The molecule has 7 nitrogen and oxygen atoms in total. The first-order valence-electron chi connectivity index (χ1n) is 6.17. The lowest BCUT2D eigenvalue weighted by molar-refractivity contribution is -0.132. The van der Waals surface area contributed by atoms with Gasteiger partial charge in [-0.1, -0.05) is 5.21 Å². The van der Waals surface area contributed by atoms with Crippen molar-refractivity contribution in [3.05, 3.63) is 11.9 Å². The SMILES string of the molecule is CN(CC(=O)N1CCNCC1)Cc1cn(C)nn1.Cl. The molecular formula is C11H21ClN6O. The summed E-state index contributed by atoms with van der Waals surface area (Å²) in [4.78, 5) is 15.9. The van der Waals surface area contributed by atoms with Crippen LogP contribution in [-0.2, 0) is 18.4 Å². The second-order valence-corrected chi connectivity index (χ2v) is 4.69. The molecule has 1 aromatic heterocycles. The fraction of sp³-hybridized carbons (Fsp3) is 0.727. The Hall–Kier alpha value is -1.18. The van der Waals surface area contributed by atoms with Crippen molar-refractivity contribution in [2.75, 3.05) is 39.8 Å². The number of nitrogens with one attached hydrogen (secondary N) is 1. The summed E-state index contributed by atoms with van der Waals surface area (Å²) in [5.74, 6) is 0.183. The number of hydrogen-bond acceptors (Lipinski definition) is 5. The Morgan fingerprint density at radius 3 is 2.74 bits per heavy atom. The summed E-state index contributed by atoms with van der Waals surface area (Å²) in [6, 6.07) is 0. The van der Waals surface area contributed by atoms with Crippen LogP contribution in [0.15, 0.2) is 6.20 Å². The Morgan fingerprint density at radius 2 is 2.16 bits per heavy atom. The molecule has 0 bridgehead atoms. The largest absolute Gasteiger partial charge is 0.339 e. The zero-order valence-corrected chi connectivity index (χ0v) is 12.2. The number of amides is 1. The molecule has 1 saturated heterocycles. The Morgan fingerprint density at radius 1 is 1.47 bits per heavy atom. The van der Waals surface area contributed by atoms with Crippen molar-refractivity contribution in [1.82, 2.24) is 30.1 Å². The molecule has 0 saturated carbocycles. The minimum Gasteiger partial charge on any atom is -0.339 e. The lowest BCUT2D eigenvalue weighted by Gasteiger charge is -2.29. The number of carbonyl (C=O) groups excluding carboxylic acids is 1. The minimum atomic E-state index is 0. The summed E-state index contributed by atoms with van der Waals surface area (Å²) in [6.07, 6.45) is 1.87. The molecule has 0 atom stereocenters. The Bertz CT molecular complexity index is 404. The molecule has 1 aromatic rings.